The molecule has 90 valence electrons. The van der Waals surface area contributed by atoms with Gasteiger partial charge in [-0.15, -0.1) is 22.9 Å². The van der Waals surface area contributed by atoms with E-state index in [1.807, 2.05) is 19.1 Å². The van der Waals surface area contributed by atoms with Crippen LogP contribution >= 0.6 is 22.9 Å². The quantitative estimate of drug-likeness (QED) is 0.732. The fourth-order valence-electron chi connectivity index (χ4n) is 1.81. The van der Waals surface area contributed by atoms with Crippen LogP contribution in [0.4, 0.5) is 0 Å². The summed E-state index contributed by atoms with van der Waals surface area (Å²) >= 11 is 8.23. The molecule has 0 saturated heterocycles. The van der Waals surface area contributed by atoms with Crippen molar-refractivity contribution in [1.29, 1.82) is 0 Å². The van der Waals surface area contributed by atoms with Gasteiger partial charge in [-0.3, -0.25) is 0 Å². The largest absolute Gasteiger partial charge is 0.496 e. The van der Waals surface area contributed by atoms with Crippen LogP contribution in [0.3, 0.4) is 0 Å². The van der Waals surface area contributed by atoms with Crippen LogP contribution < -0.4 is 4.74 Å². The van der Waals surface area contributed by atoms with Gasteiger partial charge in [-0.2, -0.15) is 0 Å². The van der Waals surface area contributed by atoms with Crippen molar-refractivity contribution in [3.63, 3.8) is 0 Å². The molecule has 17 heavy (non-hydrogen) atoms. The van der Waals surface area contributed by atoms with E-state index in [-0.39, 0.29) is 5.38 Å². The number of alkyl halides is 1. The van der Waals surface area contributed by atoms with Crippen LogP contribution in [0.5, 0.6) is 5.75 Å². The van der Waals surface area contributed by atoms with E-state index in [1.165, 1.54) is 9.75 Å². The van der Waals surface area contributed by atoms with Gasteiger partial charge in [-0.1, -0.05) is 12.1 Å². The number of hydrogen-bond donors (Lipinski definition) is 0. The summed E-state index contributed by atoms with van der Waals surface area (Å²) in [6.07, 6.45) is 0. The van der Waals surface area contributed by atoms with Crippen molar-refractivity contribution < 1.29 is 4.74 Å². The molecule has 1 aromatic carbocycles. The van der Waals surface area contributed by atoms with Gasteiger partial charge in [-0.25, -0.2) is 0 Å². The zero-order valence-corrected chi connectivity index (χ0v) is 11.7. The first kappa shape index (κ1) is 12.5. The standard InChI is InChI=1S/C14H15ClOS/c1-9-8-11(5-6-12(9)16-3)14(15)13-7-4-10(2)17-13/h4-8,14H,1-3H3. The zero-order valence-electron chi connectivity index (χ0n) is 10.2. The summed E-state index contributed by atoms with van der Waals surface area (Å²) in [5.41, 5.74) is 2.23. The molecule has 1 heterocycles. The Morgan fingerprint density at radius 3 is 2.47 bits per heavy atom. The Labute approximate surface area is 111 Å². The molecule has 1 atom stereocenters. The fourth-order valence-corrected chi connectivity index (χ4v) is 3.04. The monoisotopic (exact) mass is 266 g/mol. The van der Waals surface area contributed by atoms with Gasteiger partial charge in [0, 0.05) is 9.75 Å². The predicted molar refractivity (Wildman–Crippen MR) is 74.5 cm³/mol. The van der Waals surface area contributed by atoms with E-state index in [0.29, 0.717) is 0 Å². The number of ether oxygens (including phenoxy) is 1. The summed E-state index contributed by atoms with van der Waals surface area (Å²) in [6.45, 7) is 4.13. The van der Waals surface area contributed by atoms with Crippen LogP contribution in [0.25, 0.3) is 0 Å². The van der Waals surface area contributed by atoms with Crippen LogP contribution in [0.15, 0.2) is 30.3 Å². The molecule has 2 rings (SSSR count). The second kappa shape index (κ2) is 5.11. The van der Waals surface area contributed by atoms with Gasteiger partial charge in [-0.05, 0) is 43.2 Å². The van der Waals surface area contributed by atoms with E-state index < -0.39 is 0 Å². The van der Waals surface area contributed by atoms with Crippen LogP contribution in [0.2, 0.25) is 0 Å². The number of methoxy groups -OCH3 is 1. The Morgan fingerprint density at radius 2 is 1.94 bits per heavy atom. The molecule has 0 aliphatic carbocycles. The van der Waals surface area contributed by atoms with Crippen molar-refractivity contribution in [3.05, 3.63) is 51.2 Å². The lowest BCUT2D eigenvalue weighted by molar-refractivity contribution is 0.411. The molecule has 0 bridgehead atoms. The predicted octanol–water partition coefficient (Wildman–Crippen LogP) is 4.70. The minimum absolute atomic E-state index is 0.0710. The summed E-state index contributed by atoms with van der Waals surface area (Å²) in [5.74, 6) is 0.903. The van der Waals surface area contributed by atoms with Crippen molar-refractivity contribution in [1.82, 2.24) is 0 Å². The van der Waals surface area contributed by atoms with Crippen LogP contribution in [0, 0.1) is 13.8 Å². The summed E-state index contributed by atoms with van der Waals surface area (Å²) < 4.78 is 5.25. The van der Waals surface area contributed by atoms with Crippen molar-refractivity contribution in [2.45, 2.75) is 19.2 Å². The van der Waals surface area contributed by atoms with Gasteiger partial charge in [0.1, 0.15) is 5.75 Å². The van der Waals surface area contributed by atoms with Crippen molar-refractivity contribution >= 4 is 22.9 Å². The van der Waals surface area contributed by atoms with E-state index in [4.69, 9.17) is 16.3 Å². The van der Waals surface area contributed by atoms with Crippen LogP contribution in [-0.4, -0.2) is 7.11 Å². The Hall–Kier alpha value is -0.990. The first-order valence-corrected chi connectivity index (χ1v) is 6.72. The number of rotatable bonds is 3. The maximum Gasteiger partial charge on any atom is 0.121 e. The number of benzene rings is 1. The molecule has 0 aliphatic rings. The second-order valence-corrected chi connectivity index (χ2v) is 5.80. The number of aryl methyl sites for hydroxylation is 2. The molecule has 0 aliphatic heterocycles. The molecule has 1 nitrogen and oxygen atoms in total. The maximum atomic E-state index is 6.48. The van der Waals surface area contributed by atoms with E-state index in [2.05, 4.69) is 25.1 Å². The summed E-state index contributed by atoms with van der Waals surface area (Å²) in [7, 11) is 1.68. The molecule has 1 unspecified atom stereocenters. The molecular formula is C14H15ClOS. The van der Waals surface area contributed by atoms with Crippen LogP contribution in [0.1, 0.15) is 26.3 Å². The van der Waals surface area contributed by atoms with Crippen molar-refractivity contribution in [2.24, 2.45) is 0 Å². The Bertz CT molecular complexity index is 519. The summed E-state index contributed by atoms with van der Waals surface area (Å²) in [4.78, 5) is 2.48. The molecule has 0 spiro atoms. The molecule has 0 saturated carbocycles. The number of thiophene rings is 1. The van der Waals surface area contributed by atoms with Gasteiger partial charge in [0.15, 0.2) is 0 Å². The van der Waals surface area contributed by atoms with Crippen LogP contribution in [-0.2, 0) is 0 Å². The third-order valence-corrected chi connectivity index (χ3v) is 4.40. The first-order chi connectivity index (χ1) is 8.11. The lowest BCUT2D eigenvalue weighted by Crippen LogP contribution is -1.93. The normalized spacial score (nSPS) is 12.5. The lowest BCUT2D eigenvalue weighted by atomic mass is 10.1. The molecular weight excluding hydrogens is 252 g/mol. The maximum absolute atomic E-state index is 6.48. The molecule has 3 heteroatoms. The molecule has 0 N–H and O–H groups in total. The third-order valence-electron chi connectivity index (χ3n) is 2.72. The van der Waals surface area contributed by atoms with E-state index in [9.17, 15) is 0 Å². The van der Waals surface area contributed by atoms with E-state index in [1.54, 1.807) is 18.4 Å². The zero-order chi connectivity index (χ0) is 12.4. The third kappa shape index (κ3) is 2.64. The van der Waals surface area contributed by atoms with Gasteiger partial charge >= 0.3 is 0 Å². The first-order valence-electron chi connectivity index (χ1n) is 5.46. The average molecular weight is 267 g/mol. The highest BCUT2D eigenvalue weighted by atomic mass is 35.5. The second-order valence-electron chi connectivity index (χ2n) is 4.04. The summed E-state index contributed by atoms with van der Waals surface area (Å²) in [6, 6.07) is 10.3. The molecule has 0 fully saturated rings. The Morgan fingerprint density at radius 1 is 1.18 bits per heavy atom. The van der Waals surface area contributed by atoms with Gasteiger partial charge in [0.05, 0.1) is 12.5 Å². The highest BCUT2D eigenvalue weighted by Crippen LogP contribution is 2.35. The molecule has 1 aromatic heterocycles. The Balaban J connectivity index is 2.31. The fraction of sp³-hybridized carbons (Fsp3) is 0.286. The van der Waals surface area contributed by atoms with Crippen molar-refractivity contribution in [2.75, 3.05) is 7.11 Å². The van der Waals surface area contributed by atoms with E-state index in [0.717, 1.165) is 16.9 Å². The van der Waals surface area contributed by atoms with E-state index >= 15 is 0 Å². The van der Waals surface area contributed by atoms with Gasteiger partial charge in [0.25, 0.3) is 0 Å². The average Bonchev–Trinajstić information content (AvgIpc) is 2.75. The topological polar surface area (TPSA) is 9.23 Å². The molecule has 0 radical (unpaired) electrons. The lowest BCUT2D eigenvalue weighted by Gasteiger charge is -2.11. The minimum atomic E-state index is -0.0710. The number of hydrogen-bond acceptors (Lipinski definition) is 2. The van der Waals surface area contributed by atoms with Gasteiger partial charge < -0.3 is 4.74 Å². The van der Waals surface area contributed by atoms with Crippen molar-refractivity contribution in [3.8, 4) is 5.75 Å². The Kier molecular flexibility index (Phi) is 3.75. The summed E-state index contributed by atoms with van der Waals surface area (Å²) in [5, 5.41) is -0.0710. The molecule has 2 aromatic rings. The SMILES string of the molecule is COc1ccc(C(Cl)c2ccc(C)s2)cc1C. The number of halogens is 1. The molecule has 0 amide bonds. The highest BCUT2D eigenvalue weighted by molar-refractivity contribution is 7.12. The minimum Gasteiger partial charge on any atom is -0.496 e. The smallest absolute Gasteiger partial charge is 0.121 e. The highest BCUT2D eigenvalue weighted by Gasteiger charge is 2.13. The van der Waals surface area contributed by atoms with Gasteiger partial charge in [0.2, 0.25) is 0 Å².